The summed E-state index contributed by atoms with van der Waals surface area (Å²) >= 11 is -1.19. The van der Waals surface area contributed by atoms with Crippen molar-refractivity contribution < 1.29 is 14.5 Å². The SMILES string of the molecule is CC(C)(C)[S+]([O-])N1[C@H](C2CC2)[C@@H]1C(=O)O. The zero-order valence-electron chi connectivity index (χ0n) is 9.27. The molecule has 5 heteroatoms. The lowest BCUT2D eigenvalue weighted by atomic mass is 10.2. The topological polar surface area (TPSA) is 63.4 Å². The summed E-state index contributed by atoms with van der Waals surface area (Å²) in [4.78, 5) is 11.0. The van der Waals surface area contributed by atoms with Crippen molar-refractivity contribution in [3.8, 4) is 0 Å². The third-order valence-corrected chi connectivity index (χ3v) is 4.78. The van der Waals surface area contributed by atoms with E-state index in [9.17, 15) is 9.35 Å². The van der Waals surface area contributed by atoms with E-state index in [-0.39, 0.29) is 10.8 Å². The Bertz CT molecular complexity index is 285. The van der Waals surface area contributed by atoms with Crippen LogP contribution in [0.4, 0.5) is 0 Å². The number of hydrogen-bond donors (Lipinski definition) is 1. The van der Waals surface area contributed by atoms with E-state index >= 15 is 0 Å². The van der Waals surface area contributed by atoms with Gasteiger partial charge in [0.05, 0.1) is 6.04 Å². The first-order valence-electron chi connectivity index (χ1n) is 5.27. The predicted octanol–water partition coefficient (Wildman–Crippen LogP) is 0.996. The molecule has 1 aliphatic carbocycles. The van der Waals surface area contributed by atoms with Crippen molar-refractivity contribution in [2.45, 2.75) is 50.4 Å². The van der Waals surface area contributed by atoms with Gasteiger partial charge in [-0.15, -0.1) is 4.31 Å². The fourth-order valence-corrected chi connectivity index (χ4v) is 3.42. The van der Waals surface area contributed by atoms with Crippen LogP contribution in [-0.2, 0) is 16.2 Å². The third kappa shape index (κ3) is 2.00. The quantitative estimate of drug-likeness (QED) is 0.581. The van der Waals surface area contributed by atoms with Crippen LogP contribution in [0.15, 0.2) is 0 Å². The van der Waals surface area contributed by atoms with Crippen molar-refractivity contribution in [2.24, 2.45) is 5.92 Å². The molecule has 0 bridgehead atoms. The molecule has 0 aromatic rings. The van der Waals surface area contributed by atoms with Crippen molar-refractivity contribution in [1.29, 1.82) is 0 Å². The average Bonchev–Trinajstić information content (AvgIpc) is 2.94. The molecule has 2 aliphatic rings. The number of carboxylic acids is 1. The zero-order valence-corrected chi connectivity index (χ0v) is 10.1. The van der Waals surface area contributed by atoms with Gasteiger partial charge in [0, 0.05) is 11.4 Å². The summed E-state index contributed by atoms with van der Waals surface area (Å²) in [6.07, 6.45) is 2.18. The molecule has 2 fully saturated rings. The number of hydrogen-bond acceptors (Lipinski definition) is 3. The fourth-order valence-electron chi connectivity index (χ4n) is 1.92. The highest BCUT2D eigenvalue weighted by Crippen LogP contribution is 2.50. The summed E-state index contributed by atoms with van der Waals surface area (Å²) in [6, 6.07) is -0.472. The molecule has 0 radical (unpaired) electrons. The van der Waals surface area contributed by atoms with E-state index in [1.807, 2.05) is 20.8 Å². The second kappa shape index (κ2) is 3.37. The molecule has 1 saturated heterocycles. The second-order valence-electron chi connectivity index (χ2n) is 5.33. The zero-order chi connectivity index (χ0) is 11.4. The molecular weight excluding hydrogens is 214 g/mol. The van der Waals surface area contributed by atoms with Gasteiger partial charge in [0.25, 0.3) is 0 Å². The molecule has 0 aromatic carbocycles. The maximum atomic E-state index is 12.1. The van der Waals surface area contributed by atoms with E-state index in [1.165, 1.54) is 0 Å². The Morgan fingerprint density at radius 2 is 2.00 bits per heavy atom. The average molecular weight is 231 g/mol. The van der Waals surface area contributed by atoms with Gasteiger partial charge in [0.2, 0.25) is 0 Å². The maximum absolute atomic E-state index is 12.1. The highest BCUT2D eigenvalue weighted by atomic mass is 32.2. The molecule has 0 spiro atoms. The van der Waals surface area contributed by atoms with E-state index in [2.05, 4.69) is 0 Å². The van der Waals surface area contributed by atoms with Gasteiger partial charge in [-0.2, -0.15) is 0 Å². The second-order valence-corrected chi connectivity index (χ2v) is 7.48. The van der Waals surface area contributed by atoms with Crippen LogP contribution in [0.5, 0.6) is 0 Å². The molecule has 2 unspecified atom stereocenters. The van der Waals surface area contributed by atoms with Crippen molar-refractivity contribution >= 4 is 17.3 Å². The Hall–Kier alpha value is -0.260. The first kappa shape index (κ1) is 11.2. The molecule has 15 heavy (non-hydrogen) atoms. The summed E-state index contributed by atoms with van der Waals surface area (Å²) in [7, 11) is 0. The molecule has 2 rings (SSSR count). The first-order valence-corrected chi connectivity index (χ1v) is 6.38. The van der Waals surface area contributed by atoms with Gasteiger partial charge < -0.3 is 9.66 Å². The third-order valence-electron chi connectivity index (χ3n) is 2.88. The van der Waals surface area contributed by atoms with Crippen molar-refractivity contribution in [3.63, 3.8) is 0 Å². The van der Waals surface area contributed by atoms with Crippen LogP contribution < -0.4 is 0 Å². The minimum atomic E-state index is -1.19. The van der Waals surface area contributed by atoms with E-state index in [4.69, 9.17) is 5.11 Å². The van der Waals surface area contributed by atoms with Crippen LogP contribution in [0.25, 0.3) is 0 Å². The molecule has 4 atom stereocenters. The molecule has 4 nitrogen and oxygen atoms in total. The Balaban J connectivity index is 2.06. The largest absolute Gasteiger partial charge is 0.597 e. The van der Waals surface area contributed by atoms with Crippen LogP contribution in [0, 0.1) is 5.92 Å². The number of rotatable bonds is 3. The summed E-state index contributed by atoms with van der Waals surface area (Å²) in [5.41, 5.74) is 0. The predicted molar refractivity (Wildman–Crippen MR) is 57.7 cm³/mol. The Labute approximate surface area is 93.0 Å². The lowest BCUT2D eigenvalue weighted by Crippen LogP contribution is -2.36. The van der Waals surface area contributed by atoms with Gasteiger partial charge in [0.15, 0.2) is 6.04 Å². The van der Waals surface area contributed by atoms with E-state index in [0.29, 0.717) is 5.92 Å². The highest BCUT2D eigenvalue weighted by Gasteiger charge is 2.67. The Kier molecular flexibility index (Phi) is 2.52. The van der Waals surface area contributed by atoms with Gasteiger partial charge >= 0.3 is 5.97 Å². The van der Waals surface area contributed by atoms with Crippen molar-refractivity contribution in [3.05, 3.63) is 0 Å². The number of carboxylic acid groups (broad SMARTS) is 1. The van der Waals surface area contributed by atoms with E-state index in [0.717, 1.165) is 12.8 Å². The molecule has 0 aromatic heterocycles. The van der Waals surface area contributed by atoms with E-state index in [1.54, 1.807) is 4.31 Å². The van der Waals surface area contributed by atoms with Gasteiger partial charge in [0.1, 0.15) is 4.75 Å². The normalized spacial score (nSPS) is 37.5. The number of aliphatic carboxylic acids is 1. The standard InChI is InChI=1S/C10H17NO3S/c1-10(2,3)15(14)11-7(6-4-5-6)8(11)9(12)13/h6-8H,4-5H2,1-3H3,(H,12,13)/t7-,8-,11?,15?/m1/s1. The van der Waals surface area contributed by atoms with Crippen molar-refractivity contribution in [1.82, 2.24) is 4.31 Å². The van der Waals surface area contributed by atoms with Gasteiger partial charge in [-0.3, -0.25) is 4.79 Å². The summed E-state index contributed by atoms with van der Waals surface area (Å²) in [5, 5.41) is 9.01. The van der Waals surface area contributed by atoms with Crippen LogP contribution >= 0.6 is 0 Å². The van der Waals surface area contributed by atoms with Gasteiger partial charge in [-0.1, -0.05) is 0 Å². The minimum absolute atomic E-state index is 0.0301. The Morgan fingerprint density at radius 1 is 1.47 bits per heavy atom. The highest BCUT2D eigenvalue weighted by molar-refractivity contribution is 7.90. The summed E-state index contributed by atoms with van der Waals surface area (Å²) in [6.45, 7) is 5.64. The van der Waals surface area contributed by atoms with E-state index < -0.39 is 23.4 Å². The fraction of sp³-hybridized carbons (Fsp3) is 0.900. The van der Waals surface area contributed by atoms with Crippen LogP contribution in [-0.4, -0.2) is 36.8 Å². The Morgan fingerprint density at radius 3 is 2.33 bits per heavy atom. The first-order chi connectivity index (χ1) is 6.84. The maximum Gasteiger partial charge on any atom is 0.327 e. The van der Waals surface area contributed by atoms with Crippen LogP contribution in [0.2, 0.25) is 0 Å². The van der Waals surface area contributed by atoms with Gasteiger partial charge in [-0.05, 0) is 39.5 Å². The molecular formula is C10H17NO3S. The lowest BCUT2D eigenvalue weighted by Gasteiger charge is -2.24. The monoisotopic (exact) mass is 231 g/mol. The molecule has 86 valence electrons. The van der Waals surface area contributed by atoms with Crippen LogP contribution in [0.3, 0.4) is 0 Å². The number of carbonyl (C=O) groups is 1. The molecule has 1 saturated carbocycles. The molecule has 1 aliphatic heterocycles. The molecule has 1 heterocycles. The summed E-state index contributed by atoms with van der Waals surface area (Å²) < 4.78 is 13.4. The van der Waals surface area contributed by atoms with Gasteiger partial charge in [-0.25, -0.2) is 0 Å². The van der Waals surface area contributed by atoms with Crippen LogP contribution in [0.1, 0.15) is 33.6 Å². The minimum Gasteiger partial charge on any atom is -0.597 e. The number of nitrogens with zero attached hydrogens (tertiary/aromatic N) is 1. The summed E-state index contributed by atoms with van der Waals surface area (Å²) in [5.74, 6) is -0.359. The smallest absolute Gasteiger partial charge is 0.327 e. The molecule has 1 N–H and O–H groups in total. The lowest BCUT2D eigenvalue weighted by molar-refractivity contribution is -0.137. The molecule has 0 amide bonds. The van der Waals surface area contributed by atoms with Crippen molar-refractivity contribution in [2.75, 3.05) is 0 Å².